The predicted molar refractivity (Wildman–Crippen MR) is 141 cm³/mol. The highest BCUT2D eigenvalue weighted by Gasteiger charge is 2.42. The zero-order chi connectivity index (χ0) is 25.5. The summed E-state index contributed by atoms with van der Waals surface area (Å²) in [5.74, 6) is 0.295. The highest BCUT2D eigenvalue weighted by Crippen LogP contribution is 2.36. The molecule has 0 atom stereocenters. The van der Waals surface area contributed by atoms with Crippen LogP contribution in [0.4, 0.5) is 4.79 Å². The molecule has 1 saturated heterocycles. The molecule has 0 aliphatic carbocycles. The molecule has 0 unspecified atom stereocenters. The predicted octanol–water partition coefficient (Wildman–Crippen LogP) is 6.75. The lowest BCUT2D eigenvalue weighted by Gasteiger charge is -2.37. The van der Waals surface area contributed by atoms with Gasteiger partial charge in [0.2, 0.25) is 0 Å². The summed E-state index contributed by atoms with van der Waals surface area (Å²) in [5, 5.41) is 13.1. The Morgan fingerprint density at radius 1 is 1.23 bits per heavy atom. The van der Waals surface area contributed by atoms with E-state index >= 15 is 0 Å². The van der Waals surface area contributed by atoms with E-state index in [1.54, 1.807) is 12.1 Å². The van der Waals surface area contributed by atoms with Gasteiger partial charge < -0.3 is 19.6 Å². The van der Waals surface area contributed by atoms with Crippen LogP contribution in [0.15, 0.2) is 78.0 Å². The Hall–Kier alpha value is -3.12. The normalized spacial score (nSPS) is 18.7. The van der Waals surface area contributed by atoms with Crippen molar-refractivity contribution in [2.24, 2.45) is 10.6 Å². The van der Waals surface area contributed by atoms with Crippen LogP contribution in [0.3, 0.4) is 0 Å². The van der Waals surface area contributed by atoms with Crippen molar-refractivity contribution in [3.8, 4) is 5.75 Å². The lowest BCUT2D eigenvalue weighted by Crippen LogP contribution is -2.44. The van der Waals surface area contributed by atoms with Crippen molar-refractivity contribution in [3.05, 3.63) is 78.4 Å². The standard InChI is InChI=1S/C29H38N2O4/c1-6-10-22(25(7-2)28(3,4)5)11-8-9-18-31-19-16-29(17-20-31)21-26(30-35-29)23-12-14-24(15-13-23)34-27(32)33/h6-8,11-15H,1-2,9-10,16-21H2,3-5H3,(H,32,33)/b11-8-,25-22+. The third-order valence-corrected chi connectivity index (χ3v) is 6.65. The number of benzene rings is 1. The number of likely N-dealkylation sites (tertiary alicyclic amines) is 1. The number of hydrogen-bond donors (Lipinski definition) is 1. The molecular weight excluding hydrogens is 440 g/mol. The lowest BCUT2D eigenvalue weighted by molar-refractivity contribution is -0.0611. The fourth-order valence-corrected chi connectivity index (χ4v) is 4.77. The number of piperidine rings is 1. The Labute approximate surface area is 209 Å². The number of ether oxygens (including phenoxy) is 1. The minimum absolute atomic E-state index is 0.0577. The minimum atomic E-state index is -1.32. The van der Waals surface area contributed by atoms with Crippen LogP contribution in [0.25, 0.3) is 0 Å². The van der Waals surface area contributed by atoms with Crippen molar-refractivity contribution in [2.75, 3.05) is 19.6 Å². The molecule has 0 bridgehead atoms. The van der Waals surface area contributed by atoms with E-state index in [4.69, 9.17) is 9.94 Å². The number of hydrogen-bond acceptors (Lipinski definition) is 5. The molecule has 6 heteroatoms. The summed E-state index contributed by atoms with van der Waals surface area (Å²) in [6, 6.07) is 6.94. The second-order valence-corrected chi connectivity index (χ2v) is 10.3. The van der Waals surface area contributed by atoms with Crippen LogP contribution >= 0.6 is 0 Å². The van der Waals surface area contributed by atoms with Gasteiger partial charge in [0, 0.05) is 38.9 Å². The van der Waals surface area contributed by atoms with Gasteiger partial charge in [-0.3, -0.25) is 0 Å². The summed E-state index contributed by atoms with van der Waals surface area (Å²) in [6.07, 6.45) is 11.6. The molecular formula is C29H38N2O4. The van der Waals surface area contributed by atoms with Gasteiger partial charge in [0.1, 0.15) is 11.4 Å². The maximum atomic E-state index is 10.7. The molecule has 0 aromatic heterocycles. The van der Waals surface area contributed by atoms with Crippen molar-refractivity contribution in [1.82, 2.24) is 4.90 Å². The first kappa shape index (κ1) is 26.5. The average Bonchev–Trinajstić information content (AvgIpc) is 3.21. The van der Waals surface area contributed by atoms with Gasteiger partial charge in [-0.1, -0.05) is 56.8 Å². The average molecular weight is 479 g/mol. The van der Waals surface area contributed by atoms with Crippen LogP contribution in [0.2, 0.25) is 0 Å². The Kier molecular flexibility index (Phi) is 8.73. The monoisotopic (exact) mass is 478 g/mol. The van der Waals surface area contributed by atoms with E-state index in [1.165, 1.54) is 11.1 Å². The Balaban J connectivity index is 1.49. The lowest BCUT2D eigenvalue weighted by atomic mass is 9.82. The molecule has 3 rings (SSSR count). The maximum Gasteiger partial charge on any atom is 0.511 e. The van der Waals surface area contributed by atoms with E-state index in [-0.39, 0.29) is 11.0 Å². The van der Waals surface area contributed by atoms with E-state index in [2.05, 4.69) is 60.9 Å². The topological polar surface area (TPSA) is 71.4 Å². The molecule has 1 spiro atoms. The fraction of sp³-hybridized carbons (Fsp3) is 0.448. The van der Waals surface area contributed by atoms with Gasteiger partial charge in [0.25, 0.3) is 0 Å². The van der Waals surface area contributed by atoms with Crippen LogP contribution in [-0.4, -0.2) is 47.1 Å². The van der Waals surface area contributed by atoms with Crippen molar-refractivity contribution < 1.29 is 19.5 Å². The Morgan fingerprint density at radius 3 is 2.49 bits per heavy atom. The quantitative estimate of drug-likeness (QED) is 0.184. The maximum absolute atomic E-state index is 10.7. The number of nitrogens with zero attached hydrogens (tertiary/aromatic N) is 2. The number of oxime groups is 1. The van der Waals surface area contributed by atoms with Crippen LogP contribution < -0.4 is 4.74 Å². The molecule has 0 radical (unpaired) electrons. The SMILES string of the molecule is C=CCC(/C=C\CCN1CCC2(CC1)CC(c1ccc(OC(=O)O)cc1)=NO2)=C(/C=C)C(C)(C)C. The molecule has 1 aromatic carbocycles. The van der Waals surface area contributed by atoms with Crippen LogP contribution in [0.5, 0.6) is 5.75 Å². The molecule has 2 aliphatic heterocycles. The second kappa shape index (κ2) is 11.5. The molecule has 2 heterocycles. The molecule has 0 amide bonds. The van der Waals surface area contributed by atoms with Gasteiger partial charge in [0.05, 0.1) is 5.71 Å². The molecule has 1 aromatic rings. The zero-order valence-electron chi connectivity index (χ0n) is 21.3. The number of rotatable bonds is 9. The van der Waals surface area contributed by atoms with Gasteiger partial charge >= 0.3 is 6.16 Å². The van der Waals surface area contributed by atoms with Gasteiger partial charge in [0.15, 0.2) is 0 Å². The van der Waals surface area contributed by atoms with Crippen LogP contribution in [0, 0.1) is 5.41 Å². The van der Waals surface area contributed by atoms with Gasteiger partial charge in [-0.2, -0.15) is 0 Å². The van der Waals surface area contributed by atoms with Crippen LogP contribution in [0.1, 0.15) is 58.4 Å². The smallest absolute Gasteiger partial charge is 0.449 e. The first-order valence-corrected chi connectivity index (χ1v) is 12.3. The van der Waals surface area contributed by atoms with E-state index in [0.717, 1.165) is 63.0 Å². The summed E-state index contributed by atoms with van der Waals surface area (Å²) in [6.45, 7) is 17.6. The largest absolute Gasteiger partial charge is 0.511 e. The summed E-state index contributed by atoms with van der Waals surface area (Å²) < 4.78 is 4.67. The summed E-state index contributed by atoms with van der Waals surface area (Å²) >= 11 is 0. The summed E-state index contributed by atoms with van der Waals surface area (Å²) in [4.78, 5) is 19.1. The fourth-order valence-electron chi connectivity index (χ4n) is 4.77. The molecule has 35 heavy (non-hydrogen) atoms. The first-order valence-electron chi connectivity index (χ1n) is 12.3. The van der Waals surface area contributed by atoms with Gasteiger partial charge in [-0.25, -0.2) is 4.79 Å². The van der Waals surface area contributed by atoms with Gasteiger partial charge in [-0.05, 0) is 59.2 Å². The Morgan fingerprint density at radius 2 is 1.91 bits per heavy atom. The third kappa shape index (κ3) is 7.18. The number of allylic oxidation sites excluding steroid dienone is 5. The number of carboxylic acid groups (broad SMARTS) is 1. The van der Waals surface area contributed by atoms with Crippen molar-refractivity contribution >= 4 is 11.9 Å². The first-order chi connectivity index (χ1) is 16.7. The van der Waals surface area contributed by atoms with E-state index < -0.39 is 6.16 Å². The molecule has 0 saturated carbocycles. The Bertz CT molecular complexity index is 1000. The van der Waals surface area contributed by atoms with E-state index in [0.29, 0.717) is 5.75 Å². The van der Waals surface area contributed by atoms with Crippen molar-refractivity contribution in [1.29, 1.82) is 0 Å². The highest BCUT2D eigenvalue weighted by molar-refractivity contribution is 6.01. The molecule has 188 valence electrons. The van der Waals surface area contributed by atoms with E-state index in [1.807, 2.05) is 24.3 Å². The summed E-state index contributed by atoms with van der Waals surface area (Å²) in [7, 11) is 0. The second-order valence-electron chi connectivity index (χ2n) is 10.3. The molecule has 2 aliphatic rings. The zero-order valence-corrected chi connectivity index (χ0v) is 21.3. The molecule has 1 N–H and O–H groups in total. The van der Waals surface area contributed by atoms with Crippen molar-refractivity contribution in [3.63, 3.8) is 0 Å². The molecule has 1 fully saturated rings. The van der Waals surface area contributed by atoms with Crippen LogP contribution in [-0.2, 0) is 4.84 Å². The minimum Gasteiger partial charge on any atom is -0.449 e. The third-order valence-electron chi connectivity index (χ3n) is 6.65. The molecule has 6 nitrogen and oxygen atoms in total. The van der Waals surface area contributed by atoms with E-state index in [9.17, 15) is 4.79 Å². The summed E-state index contributed by atoms with van der Waals surface area (Å²) in [5.41, 5.74) is 4.22. The van der Waals surface area contributed by atoms with Crippen molar-refractivity contribution in [2.45, 2.75) is 58.5 Å². The highest BCUT2D eigenvalue weighted by atomic mass is 16.7. The van der Waals surface area contributed by atoms with Gasteiger partial charge in [-0.15, -0.1) is 6.58 Å². The number of carbonyl (C=O) groups is 1.